The molecule has 9 aromatic rings. The molecule has 0 aliphatic carbocycles. The number of hydrogen-bond donors (Lipinski definition) is 0. The molecule has 3 aromatic heterocycles. The van der Waals surface area contributed by atoms with E-state index < -0.39 is 0 Å². The van der Waals surface area contributed by atoms with E-state index in [0.717, 1.165) is 33.3 Å². The van der Waals surface area contributed by atoms with E-state index in [2.05, 4.69) is 179 Å². The maximum absolute atomic E-state index is 6.50. The van der Waals surface area contributed by atoms with Crippen molar-refractivity contribution in [2.24, 2.45) is 0 Å². The Balaban J connectivity index is 1.14. The number of rotatable bonds is 2. The molecule has 2 aliphatic heterocycles. The molecule has 51 heavy (non-hydrogen) atoms. The second-order valence-electron chi connectivity index (χ2n) is 14.6. The minimum Gasteiger partial charge on any atom is -0.456 e. The van der Waals surface area contributed by atoms with Gasteiger partial charge >= 0.3 is 14.0 Å². The van der Waals surface area contributed by atoms with Gasteiger partial charge < -0.3 is 32.8 Å². The Labute approximate surface area is 296 Å². The van der Waals surface area contributed by atoms with E-state index in [1.807, 2.05) is 0 Å². The van der Waals surface area contributed by atoms with Crippen LogP contribution in [-0.2, 0) is 0 Å². The van der Waals surface area contributed by atoms with Gasteiger partial charge in [0, 0.05) is 55.1 Å². The van der Waals surface area contributed by atoms with Crippen molar-refractivity contribution in [1.29, 1.82) is 0 Å². The van der Waals surface area contributed by atoms with Crippen molar-refractivity contribution >= 4 is 102 Å². The number of aromatic nitrogens is 2. The van der Waals surface area contributed by atoms with Crippen molar-refractivity contribution in [3.63, 3.8) is 0 Å². The maximum atomic E-state index is 6.50. The predicted molar refractivity (Wildman–Crippen MR) is 219 cm³/mol. The van der Waals surface area contributed by atoms with Gasteiger partial charge in [0.25, 0.3) is 0 Å². The van der Waals surface area contributed by atoms with Crippen LogP contribution in [-0.4, -0.2) is 51.3 Å². The summed E-state index contributed by atoms with van der Waals surface area (Å²) < 4.78 is 11.3. The predicted octanol–water partition coefficient (Wildman–Crippen LogP) is 9.79. The fourth-order valence-electron chi connectivity index (χ4n) is 9.03. The highest BCUT2D eigenvalue weighted by Crippen LogP contribution is 2.45. The van der Waals surface area contributed by atoms with E-state index in [1.54, 1.807) is 0 Å². The summed E-state index contributed by atoms with van der Waals surface area (Å²) in [6, 6.07) is 40.3. The summed E-state index contributed by atoms with van der Waals surface area (Å²) in [5.41, 5.74) is 13.9. The molecule has 7 nitrogen and oxygen atoms in total. The van der Waals surface area contributed by atoms with Crippen molar-refractivity contribution in [1.82, 2.24) is 9.13 Å². The summed E-state index contributed by atoms with van der Waals surface area (Å²) >= 11 is 0. The lowest BCUT2D eigenvalue weighted by Gasteiger charge is -2.18. The van der Waals surface area contributed by atoms with Gasteiger partial charge in [-0.05, 0) is 115 Å². The van der Waals surface area contributed by atoms with Gasteiger partial charge in [0.15, 0.2) is 0 Å². The van der Waals surface area contributed by atoms with E-state index in [9.17, 15) is 0 Å². The Morgan fingerprint density at radius 2 is 0.784 bits per heavy atom. The lowest BCUT2D eigenvalue weighted by atomic mass is 9.78. The van der Waals surface area contributed by atoms with E-state index in [4.69, 9.17) is 4.42 Å². The van der Waals surface area contributed by atoms with Crippen LogP contribution in [0.1, 0.15) is 0 Å². The molecule has 0 bridgehead atoms. The molecule has 9 heteroatoms. The van der Waals surface area contributed by atoms with E-state index in [0.29, 0.717) is 14.0 Å². The molecule has 11 rings (SSSR count). The molecule has 0 atom stereocenters. The topological polar surface area (TPSA) is 36.0 Å². The molecule has 0 spiro atoms. The second-order valence-corrected chi connectivity index (χ2v) is 14.6. The van der Waals surface area contributed by atoms with Crippen LogP contribution in [0.3, 0.4) is 0 Å². The van der Waals surface area contributed by atoms with E-state index >= 15 is 0 Å². The third kappa shape index (κ3) is 3.65. The van der Waals surface area contributed by atoms with Gasteiger partial charge in [0.05, 0.1) is 33.4 Å². The third-order valence-corrected chi connectivity index (χ3v) is 12.3. The van der Waals surface area contributed by atoms with Crippen LogP contribution in [0.15, 0.2) is 114 Å². The first-order valence-electron chi connectivity index (χ1n) is 17.8. The number of hydrogen-bond acceptors (Lipinski definition) is 5. The molecule has 0 saturated heterocycles. The standard InChI is InChI=1S/C42H36B2N6O/c1-43-45(3)37-21-29-27-11-7-9-13-33(27)49(35(29)23-39(37)47(43)5)25-15-17-41-31(19-25)32-20-26(16-18-42(32)51-41)50-34-14-10-8-12-28(34)30-22-38-40(24-36(30)50)48(6)44(2)46(38)4/h7-24H,1-6H3. The molecule has 0 radical (unpaired) electrons. The fraction of sp³-hybridized carbons (Fsp3) is 0.143. The molecular weight excluding hydrogens is 626 g/mol. The van der Waals surface area contributed by atoms with Crippen LogP contribution < -0.4 is 19.2 Å². The van der Waals surface area contributed by atoms with Crippen LogP contribution in [0.2, 0.25) is 13.6 Å². The minimum absolute atomic E-state index is 0.301. The number of para-hydroxylation sites is 2. The maximum Gasteiger partial charge on any atom is 0.371 e. The summed E-state index contributed by atoms with van der Waals surface area (Å²) in [6.45, 7) is 5.12. The first-order valence-corrected chi connectivity index (χ1v) is 17.8. The molecule has 2 aliphatic rings. The van der Waals surface area contributed by atoms with Crippen molar-refractivity contribution in [2.45, 2.75) is 13.6 Å². The van der Waals surface area contributed by atoms with Gasteiger partial charge in [-0.2, -0.15) is 0 Å². The molecule has 0 N–H and O–H groups in total. The average molecular weight is 662 g/mol. The lowest BCUT2D eigenvalue weighted by Crippen LogP contribution is -2.41. The zero-order chi connectivity index (χ0) is 34.4. The van der Waals surface area contributed by atoms with Gasteiger partial charge in [-0.1, -0.05) is 36.4 Å². The summed E-state index contributed by atoms with van der Waals surface area (Å²) in [5, 5.41) is 7.27. The van der Waals surface area contributed by atoms with E-state index in [1.165, 1.54) is 66.4 Å². The van der Waals surface area contributed by atoms with Gasteiger partial charge in [-0.3, -0.25) is 0 Å². The Morgan fingerprint density at radius 3 is 1.22 bits per heavy atom. The smallest absolute Gasteiger partial charge is 0.371 e. The summed E-state index contributed by atoms with van der Waals surface area (Å²) in [7, 11) is 8.75. The van der Waals surface area contributed by atoms with Crippen LogP contribution in [0.25, 0.3) is 76.9 Å². The number of nitrogens with zero attached hydrogens (tertiary/aromatic N) is 6. The normalized spacial score (nSPS) is 14.6. The first kappa shape index (κ1) is 28.8. The van der Waals surface area contributed by atoms with Crippen molar-refractivity contribution < 1.29 is 4.42 Å². The summed E-state index contributed by atoms with van der Waals surface area (Å²) in [4.78, 5) is 9.46. The third-order valence-electron chi connectivity index (χ3n) is 12.3. The monoisotopic (exact) mass is 662 g/mol. The van der Waals surface area contributed by atoms with Crippen molar-refractivity contribution in [2.75, 3.05) is 47.4 Å². The van der Waals surface area contributed by atoms with Gasteiger partial charge in [-0.25, -0.2) is 0 Å². The molecule has 0 fully saturated rings. The Kier molecular flexibility index (Phi) is 5.57. The Bertz CT molecular complexity index is 2760. The Hall–Kier alpha value is -5.95. The molecule has 246 valence electrons. The van der Waals surface area contributed by atoms with Crippen LogP contribution in [0, 0.1) is 0 Å². The van der Waals surface area contributed by atoms with Crippen LogP contribution in [0.4, 0.5) is 22.7 Å². The molecular formula is C42H36B2N6O. The number of fused-ring (bicyclic) bond motifs is 11. The number of anilines is 4. The van der Waals surface area contributed by atoms with Gasteiger partial charge in [-0.15, -0.1) is 0 Å². The highest BCUT2D eigenvalue weighted by Gasteiger charge is 2.34. The zero-order valence-corrected chi connectivity index (χ0v) is 29.6. The SMILES string of the molecule is CB1N(C)c2cc3c4ccccc4n(-c4ccc5oc6ccc(-n7c8ccccc8c8cc9c(cc87)N(C)B(C)N9C)cc6c5c4)c3cc2N1C. The molecule has 5 heterocycles. The average Bonchev–Trinajstić information content (AvgIpc) is 3.90. The highest BCUT2D eigenvalue weighted by molar-refractivity contribution is 6.69. The molecule has 0 unspecified atom stereocenters. The molecule has 0 amide bonds. The van der Waals surface area contributed by atoms with Crippen molar-refractivity contribution in [3.05, 3.63) is 109 Å². The van der Waals surface area contributed by atoms with Crippen LogP contribution >= 0.6 is 0 Å². The van der Waals surface area contributed by atoms with Crippen LogP contribution in [0.5, 0.6) is 0 Å². The van der Waals surface area contributed by atoms with E-state index in [-0.39, 0.29) is 0 Å². The molecule has 0 saturated carbocycles. The quantitative estimate of drug-likeness (QED) is 0.172. The first-order chi connectivity index (χ1) is 24.8. The van der Waals surface area contributed by atoms with Gasteiger partial charge in [0.1, 0.15) is 11.2 Å². The number of benzene rings is 6. The number of furan rings is 1. The van der Waals surface area contributed by atoms with Gasteiger partial charge in [0.2, 0.25) is 0 Å². The lowest BCUT2D eigenvalue weighted by molar-refractivity contribution is 0.669. The Morgan fingerprint density at radius 1 is 0.392 bits per heavy atom. The molecule has 6 aromatic carbocycles. The summed E-state index contributed by atoms with van der Waals surface area (Å²) in [6.07, 6.45) is 0. The summed E-state index contributed by atoms with van der Waals surface area (Å²) in [5.74, 6) is 0. The fourth-order valence-corrected chi connectivity index (χ4v) is 9.03. The zero-order valence-electron chi connectivity index (χ0n) is 29.6. The minimum atomic E-state index is 0.301. The largest absolute Gasteiger partial charge is 0.456 e. The second kappa shape index (κ2) is 9.85. The van der Waals surface area contributed by atoms with Crippen molar-refractivity contribution in [3.8, 4) is 11.4 Å². The highest BCUT2D eigenvalue weighted by atomic mass is 16.3.